The van der Waals surface area contributed by atoms with Gasteiger partial charge in [-0.2, -0.15) is 0 Å². The Morgan fingerprint density at radius 3 is 2.44 bits per heavy atom. The molecule has 0 aliphatic heterocycles. The van der Waals surface area contributed by atoms with E-state index in [9.17, 15) is 9.59 Å². The van der Waals surface area contributed by atoms with E-state index >= 15 is 0 Å². The number of likely N-dealkylation sites (N-methyl/N-ethyl adjacent to an activating group) is 1. The van der Waals surface area contributed by atoms with Crippen LogP contribution in [0.25, 0.3) is 0 Å². The summed E-state index contributed by atoms with van der Waals surface area (Å²) in [5.74, 6) is -0.240. The largest absolute Gasteiger partial charge is 0.482 e. The quantitative estimate of drug-likeness (QED) is 0.652. The molecule has 0 aromatic heterocycles. The van der Waals surface area contributed by atoms with E-state index in [0.29, 0.717) is 15.8 Å². The highest BCUT2D eigenvalue weighted by Gasteiger charge is 2.26. The van der Waals surface area contributed by atoms with Crippen molar-refractivity contribution in [2.45, 2.75) is 19.5 Å². The summed E-state index contributed by atoms with van der Waals surface area (Å²) in [5.41, 5.74) is 0.895. The number of benzene rings is 2. The zero-order valence-corrected chi connectivity index (χ0v) is 17.9. The molecule has 1 atom stereocenters. The molecule has 27 heavy (non-hydrogen) atoms. The molecule has 1 N–H and O–H groups in total. The van der Waals surface area contributed by atoms with Gasteiger partial charge in [0.15, 0.2) is 6.61 Å². The summed E-state index contributed by atoms with van der Waals surface area (Å²) >= 11 is 15.3. The Balaban J connectivity index is 2.14. The third kappa shape index (κ3) is 6.13. The second-order valence-electron chi connectivity index (χ2n) is 5.80. The Kier molecular flexibility index (Phi) is 7.95. The standard InChI is InChI=1S/C19H19BrCl2N2O3/c1-12(19(26)23-2)24(10-13-3-5-14(20)6-4-13)18(25)11-27-17-8-7-15(21)9-16(17)22/h3-9,12H,10-11H2,1-2H3,(H,23,26)/t12-/m0/s1. The number of rotatable bonds is 7. The average Bonchev–Trinajstić information content (AvgIpc) is 2.65. The maximum Gasteiger partial charge on any atom is 0.261 e. The molecule has 0 aliphatic rings. The molecular weight excluding hydrogens is 455 g/mol. The number of ether oxygens (including phenoxy) is 1. The lowest BCUT2D eigenvalue weighted by Crippen LogP contribution is -2.48. The summed E-state index contributed by atoms with van der Waals surface area (Å²) in [6, 6.07) is 11.6. The zero-order chi connectivity index (χ0) is 20.0. The molecule has 0 radical (unpaired) electrons. The minimum Gasteiger partial charge on any atom is -0.482 e. The van der Waals surface area contributed by atoms with Gasteiger partial charge in [0.05, 0.1) is 5.02 Å². The van der Waals surface area contributed by atoms with Crippen LogP contribution in [0.3, 0.4) is 0 Å². The molecule has 0 heterocycles. The topological polar surface area (TPSA) is 58.6 Å². The van der Waals surface area contributed by atoms with E-state index in [1.54, 1.807) is 19.1 Å². The molecule has 5 nitrogen and oxygen atoms in total. The predicted octanol–water partition coefficient (Wildman–Crippen LogP) is 4.30. The Labute approximate surface area is 176 Å². The first kappa shape index (κ1) is 21.5. The van der Waals surface area contributed by atoms with Crippen LogP contribution in [0.15, 0.2) is 46.9 Å². The van der Waals surface area contributed by atoms with Crippen LogP contribution >= 0.6 is 39.1 Å². The van der Waals surface area contributed by atoms with Gasteiger partial charge in [-0.1, -0.05) is 51.3 Å². The van der Waals surface area contributed by atoms with E-state index in [1.165, 1.54) is 18.0 Å². The van der Waals surface area contributed by atoms with Crippen molar-refractivity contribution in [2.24, 2.45) is 0 Å². The molecule has 2 amide bonds. The highest BCUT2D eigenvalue weighted by molar-refractivity contribution is 9.10. The van der Waals surface area contributed by atoms with E-state index in [-0.39, 0.29) is 25.0 Å². The monoisotopic (exact) mass is 472 g/mol. The Bertz CT molecular complexity index is 815. The van der Waals surface area contributed by atoms with Gasteiger partial charge in [-0.15, -0.1) is 0 Å². The van der Waals surface area contributed by atoms with Crippen molar-refractivity contribution in [2.75, 3.05) is 13.7 Å². The van der Waals surface area contributed by atoms with Gasteiger partial charge in [0.2, 0.25) is 5.91 Å². The number of hydrogen-bond acceptors (Lipinski definition) is 3. The third-order valence-electron chi connectivity index (χ3n) is 3.92. The van der Waals surface area contributed by atoms with Gasteiger partial charge < -0.3 is 15.0 Å². The van der Waals surface area contributed by atoms with Crippen LogP contribution in [0.5, 0.6) is 5.75 Å². The van der Waals surface area contributed by atoms with Crippen LogP contribution in [-0.2, 0) is 16.1 Å². The Hall–Kier alpha value is -1.76. The molecule has 8 heteroatoms. The zero-order valence-electron chi connectivity index (χ0n) is 14.8. The average molecular weight is 474 g/mol. The number of nitrogens with zero attached hydrogens (tertiary/aromatic N) is 1. The molecule has 2 rings (SSSR count). The number of carbonyl (C=O) groups excluding carboxylic acids is 2. The molecule has 2 aromatic rings. The van der Waals surface area contributed by atoms with Crippen LogP contribution < -0.4 is 10.1 Å². The van der Waals surface area contributed by atoms with E-state index in [0.717, 1.165) is 10.0 Å². The normalized spacial score (nSPS) is 11.6. The molecule has 0 spiro atoms. The van der Waals surface area contributed by atoms with Crippen molar-refractivity contribution in [1.82, 2.24) is 10.2 Å². The van der Waals surface area contributed by atoms with Crippen LogP contribution in [0, 0.1) is 0 Å². The predicted molar refractivity (Wildman–Crippen MR) is 110 cm³/mol. The van der Waals surface area contributed by atoms with Crippen LogP contribution in [0.1, 0.15) is 12.5 Å². The van der Waals surface area contributed by atoms with Gasteiger partial charge in [-0.05, 0) is 42.8 Å². The lowest BCUT2D eigenvalue weighted by Gasteiger charge is -2.28. The van der Waals surface area contributed by atoms with Crippen LogP contribution in [-0.4, -0.2) is 36.4 Å². The van der Waals surface area contributed by atoms with Crippen molar-refractivity contribution in [3.8, 4) is 5.75 Å². The van der Waals surface area contributed by atoms with Crippen molar-refractivity contribution in [3.05, 3.63) is 62.5 Å². The SMILES string of the molecule is CNC(=O)[C@H](C)N(Cc1ccc(Br)cc1)C(=O)COc1ccc(Cl)cc1Cl. The fourth-order valence-corrected chi connectivity index (χ4v) is 3.12. The van der Waals surface area contributed by atoms with E-state index in [4.69, 9.17) is 27.9 Å². The first-order chi connectivity index (χ1) is 12.8. The van der Waals surface area contributed by atoms with E-state index in [2.05, 4.69) is 21.2 Å². The molecule has 0 fully saturated rings. The Morgan fingerprint density at radius 2 is 1.85 bits per heavy atom. The van der Waals surface area contributed by atoms with Crippen LogP contribution in [0.2, 0.25) is 10.0 Å². The fraction of sp³-hybridized carbons (Fsp3) is 0.263. The third-order valence-corrected chi connectivity index (χ3v) is 4.98. The number of halogens is 3. The van der Waals surface area contributed by atoms with Crippen molar-refractivity contribution < 1.29 is 14.3 Å². The van der Waals surface area contributed by atoms with Gasteiger partial charge in [-0.25, -0.2) is 0 Å². The summed E-state index contributed by atoms with van der Waals surface area (Å²) in [7, 11) is 1.53. The molecule has 144 valence electrons. The highest BCUT2D eigenvalue weighted by atomic mass is 79.9. The lowest BCUT2D eigenvalue weighted by atomic mass is 10.1. The Morgan fingerprint density at radius 1 is 1.19 bits per heavy atom. The van der Waals surface area contributed by atoms with Gasteiger partial charge >= 0.3 is 0 Å². The molecule has 0 unspecified atom stereocenters. The molecule has 0 aliphatic carbocycles. The summed E-state index contributed by atoms with van der Waals surface area (Å²) in [6.45, 7) is 1.70. The molecule has 0 saturated carbocycles. The maximum atomic E-state index is 12.8. The summed E-state index contributed by atoms with van der Waals surface area (Å²) < 4.78 is 6.47. The number of carbonyl (C=O) groups is 2. The fourth-order valence-electron chi connectivity index (χ4n) is 2.39. The molecular formula is C19H19BrCl2N2O3. The summed E-state index contributed by atoms with van der Waals surface area (Å²) in [4.78, 5) is 26.3. The summed E-state index contributed by atoms with van der Waals surface area (Å²) in [6.07, 6.45) is 0. The first-order valence-corrected chi connectivity index (χ1v) is 9.70. The second-order valence-corrected chi connectivity index (χ2v) is 7.56. The minimum atomic E-state index is -0.657. The number of hydrogen-bond donors (Lipinski definition) is 1. The second kappa shape index (κ2) is 9.97. The molecule has 0 bridgehead atoms. The lowest BCUT2D eigenvalue weighted by molar-refractivity contribution is -0.142. The molecule has 0 saturated heterocycles. The van der Waals surface area contributed by atoms with E-state index in [1.807, 2.05) is 24.3 Å². The molecule has 2 aromatic carbocycles. The van der Waals surface area contributed by atoms with Gasteiger partial charge in [0, 0.05) is 23.1 Å². The minimum absolute atomic E-state index is 0.251. The van der Waals surface area contributed by atoms with E-state index < -0.39 is 6.04 Å². The van der Waals surface area contributed by atoms with Crippen molar-refractivity contribution in [3.63, 3.8) is 0 Å². The van der Waals surface area contributed by atoms with Crippen molar-refractivity contribution >= 4 is 50.9 Å². The number of nitrogens with one attached hydrogen (secondary N) is 1. The smallest absolute Gasteiger partial charge is 0.261 e. The summed E-state index contributed by atoms with van der Waals surface area (Å²) in [5, 5.41) is 3.36. The van der Waals surface area contributed by atoms with Crippen LogP contribution in [0.4, 0.5) is 0 Å². The number of amides is 2. The maximum absolute atomic E-state index is 12.8. The first-order valence-electron chi connectivity index (χ1n) is 8.15. The van der Waals surface area contributed by atoms with Crippen molar-refractivity contribution in [1.29, 1.82) is 0 Å². The van der Waals surface area contributed by atoms with Gasteiger partial charge in [0.1, 0.15) is 11.8 Å². The highest BCUT2D eigenvalue weighted by Crippen LogP contribution is 2.27. The van der Waals surface area contributed by atoms with Gasteiger partial charge in [-0.3, -0.25) is 9.59 Å². The van der Waals surface area contributed by atoms with Gasteiger partial charge in [0.25, 0.3) is 5.91 Å².